The first kappa shape index (κ1) is 19.8. The molecule has 3 rings (SSSR count). The second-order valence-corrected chi connectivity index (χ2v) is 7.52. The van der Waals surface area contributed by atoms with Crippen molar-refractivity contribution < 1.29 is 24.2 Å². The van der Waals surface area contributed by atoms with E-state index in [1.165, 1.54) is 0 Å². The summed E-state index contributed by atoms with van der Waals surface area (Å²) in [5, 5.41) is 8.86. The number of nitrogens with zero attached hydrogens (tertiary/aromatic N) is 1. The number of carboxylic acids is 1. The minimum absolute atomic E-state index is 0.188. The van der Waals surface area contributed by atoms with Gasteiger partial charge in [-0.3, -0.25) is 14.5 Å². The third-order valence-electron chi connectivity index (χ3n) is 3.82. The van der Waals surface area contributed by atoms with Crippen LogP contribution in [0, 0.1) is 0 Å². The highest BCUT2D eigenvalue weighted by molar-refractivity contribution is 8.26. The number of carbonyl (C=O) groups is 3. The van der Waals surface area contributed by atoms with Gasteiger partial charge in [0.05, 0.1) is 10.5 Å². The molecule has 1 aliphatic rings. The molecule has 2 aromatic rings. The van der Waals surface area contributed by atoms with Crippen LogP contribution < -0.4 is 0 Å². The van der Waals surface area contributed by atoms with Gasteiger partial charge in [0.1, 0.15) is 17.5 Å². The van der Waals surface area contributed by atoms with Gasteiger partial charge in [-0.15, -0.1) is 0 Å². The van der Waals surface area contributed by atoms with Gasteiger partial charge in [-0.25, -0.2) is 4.79 Å². The van der Waals surface area contributed by atoms with Gasteiger partial charge in [-0.1, -0.05) is 66.4 Å². The molecule has 0 saturated carbocycles. The van der Waals surface area contributed by atoms with Crippen molar-refractivity contribution >= 4 is 52.2 Å². The normalized spacial score (nSPS) is 15.1. The first-order valence-electron chi connectivity index (χ1n) is 8.22. The number of carboxylic acid groups (broad SMARTS) is 1. The summed E-state index contributed by atoms with van der Waals surface area (Å²) >= 11 is 6.11. The van der Waals surface area contributed by atoms with Crippen LogP contribution in [0.15, 0.2) is 59.5 Å². The summed E-state index contributed by atoms with van der Waals surface area (Å²) in [6.07, 6.45) is 1.61. The lowest BCUT2D eigenvalue weighted by atomic mass is 10.1. The Morgan fingerprint density at radius 2 is 1.79 bits per heavy atom. The Bertz CT molecular complexity index is 954. The van der Waals surface area contributed by atoms with Gasteiger partial charge in [0.15, 0.2) is 0 Å². The number of hydrogen-bond donors (Lipinski definition) is 1. The first-order valence-corrected chi connectivity index (χ1v) is 9.45. The van der Waals surface area contributed by atoms with Crippen molar-refractivity contribution in [3.63, 3.8) is 0 Å². The van der Waals surface area contributed by atoms with Crippen molar-refractivity contribution in [2.75, 3.05) is 6.54 Å². The fraction of sp³-hybridized carbons (Fsp3) is 0.100. The van der Waals surface area contributed by atoms with Crippen LogP contribution in [-0.2, 0) is 20.9 Å². The summed E-state index contributed by atoms with van der Waals surface area (Å²) in [5.74, 6) is -2.01. The van der Waals surface area contributed by atoms with E-state index in [1.54, 1.807) is 30.3 Å². The predicted molar refractivity (Wildman–Crippen MR) is 110 cm³/mol. The number of amides is 1. The molecule has 0 radical (unpaired) electrons. The number of benzene rings is 2. The van der Waals surface area contributed by atoms with Crippen LogP contribution >= 0.6 is 24.0 Å². The molecule has 1 N–H and O–H groups in total. The average molecular weight is 413 g/mol. The molecule has 1 heterocycles. The molecule has 142 valence electrons. The van der Waals surface area contributed by atoms with E-state index >= 15 is 0 Å². The maximum absolute atomic E-state index is 12.3. The minimum atomic E-state index is -1.13. The fourth-order valence-corrected chi connectivity index (χ4v) is 3.70. The molecule has 1 amide bonds. The van der Waals surface area contributed by atoms with Gasteiger partial charge in [-0.2, -0.15) is 0 Å². The van der Waals surface area contributed by atoms with E-state index in [0.29, 0.717) is 16.0 Å². The number of carbonyl (C=O) groups excluding carboxylic acids is 2. The van der Waals surface area contributed by atoms with Gasteiger partial charge in [-0.05, 0) is 29.3 Å². The molecule has 0 atom stereocenters. The number of aliphatic carboxylic acids is 1. The SMILES string of the molecule is O=C(O)CN1C(=O)C(=Cc2ccc(C(=O)OCc3ccccc3)cc2)SC1=S. The van der Waals surface area contributed by atoms with Gasteiger partial charge in [0.2, 0.25) is 0 Å². The molecular formula is C20H15NO5S2. The van der Waals surface area contributed by atoms with E-state index in [4.69, 9.17) is 22.1 Å². The molecule has 0 bridgehead atoms. The molecule has 1 fully saturated rings. The van der Waals surface area contributed by atoms with Crippen molar-refractivity contribution in [2.24, 2.45) is 0 Å². The standard InChI is InChI=1S/C20H15NO5S2/c22-17(23)11-21-18(24)16(28-20(21)27)10-13-6-8-15(9-7-13)19(25)26-12-14-4-2-1-3-5-14/h1-10H,11-12H2,(H,22,23). The zero-order valence-electron chi connectivity index (χ0n) is 14.5. The average Bonchev–Trinajstić information content (AvgIpc) is 2.94. The number of ether oxygens (including phenoxy) is 1. The molecule has 28 heavy (non-hydrogen) atoms. The van der Waals surface area contributed by atoms with Gasteiger partial charge < -0.3 is 9.84 Å². The first-order chi connectivity index (χ1) is 13.4. The molecule has 6 nitrogen and oxygen atoms in total. The number of thiocarbonyl (C=S) groups is 1. The van der Waals surface area contributed by atoms with Crippen LogP contribution in [0.2, 0.25) is 0 Å². The Hall–Kier alpha value is -2.97. The minimum Gasteiger partial charge on any atom is -0.480 e. The lowest BCUT2D eigenvalue weighted by molar-refractivity contribution is -0.140. The lowest BCUT2D eigenvalue weighted by Gasteiger charge is -2.10. The molecule has 8 heteroatoms. The van der Waals surface area contributed by atoms with Crippen LogP contribution in [-0.4, -0.2) is 38.7 Å². The second-order valence-electron chi connectivity index (χ2n) is 5.85. The Kier molecular flexibility index (Phi) is 6.23. The van der Waals surface area contributed by atoms with Crippen molar-refractivity contribution in [3.05, 3.63) is 76.2 Å². The zero-order chi connectivity index (χ0) is 20.1. The second kappa shape index (κ2) is 8.81. The largest absolute Gasteiger partial charge is 0.480 e. The molecule has 1 aliphatic heterocycles. The molecule has 2 aromatic carbocycles. The summed E-state index contributed by atoms with van der Waals surface area (Å²) in [7, 11) is 0. The highest BCUT2D eigenvalue weighted by Gasteiger charge is 2.33. The smallest absolute Gasteiger partial charge is 0.338 e. The number of esters is 1. The van der Waals surface area contributed by atoms with Crippen molar-refractivity contribution in [3.8, 4) is 0 Å². The third kappa shape index (κ3) is 4.85. The van der Waals surface area contributed by atoms with Crippen molar-refractivity contribution in [2.45, 2.75) is 6.61 Å². The topological polar surface area (TPSA) is 83.9 Å². The van der Waals surface area contributed by atoms with E-state index in [-0.39, 0.29) is 10.9 Å². The predicted octanol–water partition coefficient (Wildman–Crippen LogP) is 3.33. The molecule has 0 spiro atoms. The van der Waals surface area contributed by atoms with E-state index in [9.17, 15) is 14.4 Å². The van der Waals surface area contributed by atoms with Crippen LogP contribution in [0.3, 0.4) is 0 Å². The molecule has 0 unspecified atom stereocenters. The quantitative estimate of drug-likeness (QED) is 0.442. The summed E-state index contributed by atoms with van der Waals surface area (Å²) < 4.78 is 5.49. The Labute approximate surface area is 170 Å². The lowest BCUT2D eigenvalue weighted by Crippen LogP contribution is -2.33. The highest BCUT2D eigenvalue weighted by Crippen LogP contribution is 2.32. The maximum Gasteiger partial charge on any atom is 0.338 e. The summed E-state index contributed by atoms with van der Waals surface area (Å²) in [6, 6.07) is 16.0. The van der Waals surface area contributed by atoms with Crippen molar-refractivity contribution in [1.29, 1.82) is 0 Å². The monoisotopic (exact) mass is 413 g/mol. The number of hydrogen-bond acceptors (Lipinski definition) is 6. The van der Waals surface area contributed by atoms with Crippen molar-refractivity contribution in [1.82, 2.24) is 4.90 Å². The van der Waals surface area contributed by atoms with Gasteiger partial charge >= 0.3 is 11.9 Å². The Morgan fingerprint density at radius 1 is 1.11 bits per heavy atom. The summed E-state index contributed by atoms with van der Waals surface area (Å²) in [6.45, 7) is -0.276. The van der Waals surface area contributed by atoms with Gasteiger partial charge in [0.25, 0.3) is 5.91 Å². The Balaban J connectivity index is 1.65. The number of rotatable bonds is 6. The van der Waals surface area contributed by atoms with E-state index in [1.807, 2.05) is 30.3 Å². The third-order valence-corrected chi connectivity index (χ3v) is 5.20. The van der Waals surface area contributed by atoms with Crippen LogP contribution in [0.5, 0.6) is 0 Å². The van der Waals surface area contributed by atoms with E-state index in [0.717, 1.165) is 22.2 Å². The maximum atomic E-state index is 12.3. The summed E-state index contributed by atoms with van der Waals surface area (Å²) in [4.78, 5) is 36.6. The molecule has 0 aliphatic carbocycles. The van der Waals surface area contributed by atoms with E-state index in [2.05, 4.69) is 0 Å². The van der Waals surface area contributed by atoms with Crippen LogP contribution in [0.25, 0.3) is 6.08 Å². The molecular weight excluding hydrogens is 398 g/mol. The highest BCUT2D eigenvalue weighted by atomic mass is 32.2. The van der Waals surface area contributed by atoms with Crippen LogP contribution in [0.4, 0.5) is 0 Å². The molecule has 0 aromatic heterocycles. The Morgan fingerprint density at radius 3 is 2.43 bits per heavy atom. The fourth-order valence-electron chi connectivity index (χ4n) is 2.44. The van der Waals surface area contributed by atoms with Gasteiger partial charge in [0, 0.05) is 0 Å². The van der Waals surface area contributed by atoms with Crippen LogP contribution in [0.1, 0.15) is 21.5 Å². The zero-order valence-corrected chi connectivity index (χ0v) is 16.2. The van der Waals surface area contributed by atoms with E-state index < -0.39 is 24.4 Å². The summed E-state index contributed by atoms with van der Waals surface area (Å²) in [5.41, 5.74) is 1.98. The molecule has 1 saturated heterocycles. The number of thioether (sulfide) groups is 1.